The summed E-state index contributed by atoms with van der Waals surface area (Å²) in [4.78, 5) is 11.7. The van der Waals surface area contributed by atoms with Crippen molar-refractivity contribution in [2.75, 3.05) is 0 Å². The summed E-state index contributed by atoms with van der Waals surface area (Å²) in [5.41, 5.74) is -0.514. The van der Waals surface area contributed by atoms with Crippen molar-refractivity contribution in [2.24, 2.45) is 5.92 Å². The van der Waals surface area contributed by atoms with Gasteiger partial charge in [-0.3, -0.25) is 4.79 Å². The summed E-state index contributed by atoms with van der Waals surface area (Å²) in [5.74, 6) is 0.279. The molecule has 0 bridgehead atoms. The molecule has 0 aromatic carbocycles. The Bertz CT molecular complexity index is 205. The quantitative estimate of drug-likeness (QED) is 0.723. The molecule has 0 radical (unpaired) electrons. The van der Waals surface area contributed by atoms with Crippen LogP contribution in [0.4, 0.5) is 0 Å². The third-order valence-corrected chi connectivity index (χ3v) is 3.22. The number of hydrogen-bond acceptors (Lipinski definition) is 2. The normalized spacial score (nSPS) is 20.9. The number of nitrogens with one attached hydrogen (secondary N) is 1. The van der Waals surface area contributed by atoms with Crippen LogP contribution in [0.2, 0.25) is 0 Å². The highest BCUT2D eigenvalue weighted by atomic mass is 16.3. The van der Waals surface area contributed by atoms with Gasteiger partial charge >= 0.3 is 0 Å². The molecule has 0 aliphatic heterocycles. The lowest BCUT2D eigenvalue weighted by atomic mass is 9.97. The second-order valence-electron chi connectivity index (χ2n) is 4.87. The molecule has 82 valence electrons. The molecular weight excluding hydrogens is 178 g/mol. The molecule has 3 nitrogen and oxygen atoms in total. The van der Waals surface area contributed by atoms with Crippen molar-refractivity contribution in [1.82, 2.24) is 5.32 Å². The number of aliphatic hydroxyl groups excluding tert-OH is 1. The van der Waals surface area contributed by atoms with Gasteiger partial charge in [-0.15, -0.1) is 0 Å². The van der Waals surface area contributed by atoms with Gasteiger partial charge in [0, 0.05) is 5.92 Å². The summed E-state index contributed by atoms with van der Waals surface area (Å²) in [7, 11) is 0. The van der Waals surface area contributed by atoms with Gasteiger partial charge in [-0.05, 0) is 33.6 Å². The Kier molecular flexibility index (Phi) is 3.53. The molecule has 0 aromatic heterocycles. The standard InChI is InChI=1S/C11H21NO2/c1-8(13)11(2,3)12-10(14)9-6-4-5-7-9/h8-9,13H,4-7H2,1-3H3,(H,12,14). The first-order chi connectivity index (χ1) is 6.43. The molecule has 14 heavy (non-hydrogen) atoms. The van der Waals surface area contributed by atoms with Gasteiger partial charge in [-0.25, -0.2) is 0 Å². The van der Waals surface area contributed by atoms with Gasteiger partial charge in [-0.2, -0.15) is 0 Å². The third kappa shape index (κ3) is 2.71. The topological polar surface area (TPSA) is 49.3 Å². The zero-order chi connectivity index (χ0) is 10.8. The minimum absolute atomic E-state index is 0.105. The van der Waals surface area contributed by atoms with E-state index in [1.807, 2.05) is 13.8 Å². The zero-order valence-electron chi connectivity index (χ0n) is 9.34. The fourth-order valence-corrected chi connectivity index (χ4v) is 1.71. The van der Waals surface area contributed by atoms with E-state index in [0.717, 1.165) is 25.7 Å². The minimum Gasteiger partial charge on any atom is -0.391 e. The van der Waals surface area contributed by atoms with Crippen LogP contribution in [0.25, 0.3) is 0 Å². The summed E-state index contributed by atoms with van der Waals surface area (Å²) in [6, 6.07) is 0. The van der Waals surface area contributed by atoms with E-state index in [2.05, 4.69) is 5.32 Å². The van der Waals surface area contributed by atoms with Crippen LogP contribution in [0.1, 0.15) is 46.5 Å². The van der Waals surface area contributed by atoms with Crippen LogP contribution in [0.5, 0.6) is 0 Å². The van der Waals surface area contributed by atoms with Crippen molar-refractivity contribution in [1.29, 1.82) is 0 Å². The van der Waals surface area contributed by atoms with E-state index in [1.54, 1.807) is 6.92 Å². The minimum atomic E-state index is -0.521. The van der Waals surface area contributed by atoms with Gasteiger partial charge < -0.3 is 10.4 Å². The maximum atomic E-state index is 11.7. The van der Waals surface area contributed by atoms with E-state index in [1.165, 1.54) is 0 Å². The molecule has 1 rings (SSSR count). The Balaban J connectivity index is 2.46. The van der Waals surface area contributed by atoms with Crippen molar-refractivity contribution in [3.05, 3.63) is 0 Å². The van der Waals surface area contributed by atoms with Gasteiger partial charge in [0.15, 0.2) is 0 Å². The summed E-state index contributed by atoms with van der Waals surface area (Å²) in [6.45, 7) is 5.41. The Morgan fingerprint density at radius 1 is 1.43 bits per heavy atom. The second kappa shape index (κ2) is 4.30. The number of rotatable bonds is 3. The van der Waals surface area contributed by atoms with Crippen molar-refractivity contribution in [2.45, 2.75) is 58.1 Å². The average molecular weight is 199 g/mol. The van der Waals surface area contributed by atoms with Crippen LogP contribution in [0.15, 0.2) is 0 Å². The summed E-state index contributed by atoms with van der Waals surface area (Å²) in [5, 5.41) is 12.4. The fraction of sp³-hybridized carbons (Fsp3) is 0.909. The van der Waals surface area contributed by atoms with Crippen LogP contribution < -0.4 is 5.32 Å². The maximum Gasteiger partial charge on any atom is 0.223 e. The Labute approximate surface area is 85.9 Å². The first-order valence-electron chi connectivity index (χ1n) is 5.43. The molecule has 0 spiro atoms. The highest BCUT2D eigenvalue weighted by Crippen LogP contribution is 2.25. The van der Waals surface area contributed by atoms with Crippen molar-refractivity contribution < 1.29 is 9.90 Å². The highest BCUT2D eigenvalue weighted by Gasteiger charge is 2.30. The monoisotopic (exact) mass is 199 g/mol. The predicted molar refractivity (Wildman–Crippen MR) is 55.9 cm³/mol. The van der Waals surface area contributed by atoms with Crippen LogP contribution in [0, 0.1) is 5.92 Å². The molecule has 1 unspecified atom stereocenters. The van der Waals surface area contributed by atoms with E-state index in [-0.39, 0.29) is 11.8 Å². The third-order valence-electron chi connectivity index (χ3n) is 3.22. The van der Waals surface area contributed by atoms with Crippen molar-refractivity contribution in [3.63, 3.8) is 0 Å². The molecule has 1 aliphatic rings. The first kappa shape index (κ1) is 11.5. The summed E-state index contributed by atoms with van der Waals surface area (Å²) < 4.78 is 0. The average Bonchev–Trinajstić information content (AvgIpc) is 2.54. The van der Waals surface area contributed by atoms with Crippen LogP contribution >= 0.6 is 0 Å². The molecular formula is C11H21NO2. The number of amides is 1. The number of carbonyl (C=O) groups is 1. The number of carbonyl (C=O) groups excluding carboxylic acids is 1. The van der Waals surface area contributed by atoms with Crippen molar-refractivity contribution in [3.8, 4) is 0 Å². The molecule has 1 atom stereocenters. The molecule has 1 saturated carbocycles. The van der Waals surface area contributed by atoms with Crippen molar-refractivity contribution >= 4 is 5.91 Å². The van der Waals surface area contributed by atoms with E-state index in [9.17, 15) is 9.90 Å². The summed E-state index contributed by atoms with van der Waals surface area (Å²) in [6.07, 6.45) is 3.80. The molecule has 1 amide bonds. The first-order valence-corrected chi connectivity index (χ1v) is 5.43. The molecule has 0 aromatic rings. The fourth-order valence-electron chi connectivity index (χ4n) is 1.71. The van der Waals surface area contributed by atoms with Gasteiger partial charge in [0.05, 0.1) is 11.6 Å². The van der Waals surface area contributed by atoms with Gasteiger partial charge in [0.2, 0.25) is 5.91 Å². The predicted octanol–water partition coefficient (Wildman–Crippen LogP) is 1.45. The van der Waals surface area contributed by atoms with E-state index in [0.29, 0.717) is 0 Å². The number of hydrogen-bond donors (Lipinski definition) is 2. The lowest BCUT2D eigenvalue weighted by Crippen LogP contribution is -2.52. The lowest BCUT2D eigenvalue weighted by molar-refractivity contribution is -0.127. The number of aliphatic hydroxyl groups is 1. The van der Waals surface area contributed by atoms with Crippen LogP contribution in [-0.2, 0) is 4.79 Å². The maximum absolute atomic E-state index is 11.7. The van der Waals surface area contributed by atoms with Gasteiger partial charge in [-0.1, -0.05) is 12.8 Å². The highest BCUT2D eigenvalue weighted by molar-refractivity contribution is 5.79. The largest absolute Gasteiger partial charge is 0.391 e. The Hall–Kier alpha value is -0.570. The molecule has 0 heterocycles. The second-order valence-corrected chi connectivity index (χ2v) is 4.87. The smallest absolute Gasteiger partial charge is 0.223 e. The molecule has 3 heteroatoms. The van der Waals surface area contributed by atoms with Gasteiger partial charge in [0.1, 0.15) is 0 Å². The SMILES string of the molecule is CC(O)C(C)(C)NC(=O)C1CCCC1. The summed E-state index contributed by atoms with van der Waals surface area (Å²) >= 11 is 0. The van der Waals surface area contributed by atoms with E-state index >= 15 is 0 Å². The molecule has 1 aliphatic carbocycles. The molecule has 1 fully saturated rings. The van der Waals surface area contributed by atoms with E-state index < -0.39 is 11.6 Å². The van der Waals surface area contributed by atoms with E-state index in [4.69, 9.17) is 0 Å². The zero-order valence-corrected chi connectivity index (χ0v) is 9.34. The lowest BCUT2D eigenvalue weighted by Gasteiger charge is -2.30. The molecule has 0 saturated heterocycles. The Morgan fingerprint density at radius 3 is 2.36 bits per heavy atom. The Morgan fingerprint density at radius 2 is 1.93 bits per heavy atom. The van der Waals surface area contributed by atoms with Crippen LogP contribution in [0.3, 0.4) is 0 Å². The van der Waals surface area contributed by atoms with Gasteiger partial charge in [0.25, 0.3) is 0 Å². The molecule has 2 N–H and O–H groups in total. The van der Waals surface area contributed by atoms with Crippen LogP contribution in [-0.4, -0.2) is 22.7 Å².